The van der Waals surface area contributed by atoms with Gasteiger partial charge in [0.05, 0.1) is 13.2 Å². The first kappa shape index (κ1) is 22.0. The molecule has 2 saturated heterocycles. The summed E-state index contributed by atoms with van der Waals surface area (Å²) in [7, 11) is 1.72. The van der Waals surface area contributed by atoms with Gasteiger partial charge in [0, 0.05) is 61.4 Å². The molecule has 4 fully saturated rings. The number of anilines is 1. The number of fused-ring (bicyclic) bond motifs is 2. The smallest absolute Gasteiger partial charge is 0.191 e. The molecule has 1 spiro atoms. The van der Waals surface area contributed by atoms with Crippen molar-refractivity contribution in [3.63, 3.8) is 0 Å². The molecular formula is C23H35IN4O2. The zero-order chi connectivity index (χ0) is 19.8. The fourth-order valence-electron chi connectivity index (χ4n) is 6.01. The summed E-state index contributed by atoms with van der Waals surface area (Å²) in [5.74, 6) is 2.57. The first-order chi connectivity index (χ1) is 14.2. The van der Waals surface area contributed by atoms with Crippen LogP contribution in [0.2, 0.25) is 0 Å². The maximum atomic E-state index is 6.08. The SMILES string of the molecule is CCN=C(NC1CCN(c2cccc(OC)c2)C1)NC1C2CCOC2C12CCC2.I. The van der Waals surface area contributed by atoms with Gasteiger partial charge in [0.15, 0.2) is 5.96 Å². The third kappa shape index (κ3) is 3.76. The summed E-state index contributed by atoms with van der Waals surface area (Å²) in [6, 6.07) is 9.29. The largest absolute Gasteiger partial charge is 0.497 e. The maximum absolute atomic E-state index is 6.08. The number of hydrogen-bond donors (Lipinski definition) is 2. The molecule has 0 aromatic heterocycles. The number of benzene rings is 1. The van der Waals surface area contributed by atoms with Crippen LogP contribution in [0.25, 0.3) is 0 Å². The molecular weight excluding hydrogens is 491 g/mol. The molecule has 1 aromatic rings. The minimum Gasteiger partial charge on any atom is -0.497 e. The second-order valence-corrected chi connectivity index (χ2v) is 9.05. The lowest BCUT2D eigenvalue weighted by atomic mass is 9.46. The molecule has 0 bridgehead atoms. The average molecular weight is 526 g/mol. The second-order valence-electron chi connectivity index (χ2n) is 9.05. The molecule has 7 heteroatoms. The van der Waals surface area contributed by atoms with Crippen LogP contribution in [0.4, 0.5) is 5.69 Å². The Morgan fingerprint density at radius 3 is 2.90 bits per heavy atom. The van der Waals surface area contributed by atoms with Crippen molar-refractivity contribution >= 4 is 35.6 Å². The van der Waals surface area contributed by atoms with Crippen LogP contribution in [0.5, 0.6) is 5.75 Å². The normalized spacial score (nSPS) is 31.4. The molecule has 4 unspecified atom stereocenters. The number of methoxy groups -OCH3 is 1. The Morgan fingerprint density at radius 1 is 1.30 bits per heavy atom. The van der Waals surface area contributed by atoms with E-state index in [1.807, 2.05) is 6.07 Å². The van der Waals surface area contributed by atoms with Crippen LogP contribution in [-0.2, 0) is 4.74 Å². The fourth-order valence-corrected chi connectivity index (χ4v) is 6.01. The third-order valence-corrected chi connectivity index (χ3v) is 7.59. The van der Waals surface area contributed by atoms with E-state index in [9.17, 15) is 0 Å². The number of guanidine groups is 1. The lowest BCUT2D eigenvalue weighted by Gasteiger charge is -2.63. The minimum atomic E-state index is 0. The van der Waals surface area contributed by atoms with Crippen molar-refractivity contribution in [2.24, 2.45) is 16.3 Å². The van der Waals surface area contributed by atoms with Gasteiger partial charge >= 0.3 is 0 Å². The Kier molecular flexibility index (Phi) is 6.67. The van der Waals surface area contributed by atoms with Crippen molar-refractivity contribution in [2.45, 2.75) is 57.2 Å². The lowest BCUT2D eigenvalue weighted by molar-refractivity contribution is -0.171. The van der Waals surface area contributed by atoms with E-state index in [0.29, 0.717) is 29.5 Å². The Hall–Kier alpha value is -1.22. The van der Waals surface area contributed by atoms with Crippen LogP contribution in [0.3, 0.4) is 0 Å². The highest BCUT2D eigenvalue weighted by Crippen LogP contribution is 2.62. The van der Waals surface area contributed by atoms with Gasteiger partial charge < -0.3 is 25.0 Å². The Morgan fingerprint density at radius 2 is 2.17 bits per heavy atom. The molecule has 2 saturated carbocycles. The number of rotatable bonds is 5. The van der Waals surface area contributed by atoms with E-state index in [0.717, 1.165) is 44.4 Å². The van der Waals surface area contributed by atoms with Crippen molar-refractivity contribution in [1.82, 2.24) is 10.6 Å². The zero-order valence-corrected chi connectivity index (χ0v) is 20.4. The number of aliphatic imine (C=N–C) groups is 1. The summed E-state index contributed by atoms with van der Waals surface area (Å²) in [4.78, 5) is 7.22. The predicted molar refractivity (Wildman–Crippen MR) is 131 cm³/mol. The predicted octanol–water partition coefficient (Wildman–Crippen LogP) is 3.40. The van der Waals surface area contributed by atoms with Gasteiger partial charge in [-0.05, 0) is 44.7 Å². The van der Waals surface area contributed by atoms with Gasteiger partial charge in [-0.3, -0.25) is 4.99 Å². The molecule has 2 heterocycles. The van der Waals surface area contributed by atoms with E-state index in [4.69, 9.17) is 14.5 Å². The highest BCUT2D eigenvalue weighted by Gasteiger charge is 2.66. The summed E-state index contributed by atoms with van der Waals surface area (Å²) in [6.45, 7) is 5.88. The van der Waals surface area contributed by atoms with Crippen molar-refractivity contribution < 1.29 is 9.47 Å². The number of ether oxygens (including phenoxy) is 2. The minimum absolute atomic E-state index is 0. The molecule has 5 rings (SSSR count). The van der Waals surface area contributed by atoms with Gasteiger partial charge in [0.2, 0.25) is 0 Å². The van der Waals surface area contributed by atoms with Gasteiger partial charge in [-0.1, -0.05) is 12.5 Å². The van der Waals surface area contributed by atoms with Crippen LogP contribution in [0.1, 0.15) is 39.0 Å². The van der Waals surface area contributed by atoms with Gasteiger partial charge in [-0.15, -0.1) is 24.0 Å². The van der Waals surface area contributed by atoms with Crippen LogP contribution >= 0.6 is 24.0 Å². The number of hydrogen-bond acceptors (Lipinski definition) is 4. The summed E-state index contributed by atoms with van der Waals surface area (Å²) < 4.78 is 11.5. The maximum Gasteiger partial charge on any atom is 0.191 e. The monoisotopic (exact) mass is 526 g/mol. The van der Waals surface area contributed by atoms with E-state index >= 15 is 0 Å². The number of nitrogens with one attached hydrogen (secondary N) is 2. The van der Waals surface area contributed by atoms with Crippen LogP contribution in [0, 0.1) is 11.3 Å². The van der Waals surface area contributed by atoms with Crippen LogP contribution < -0.4 is 20.3 Å². The quantitative estimate of drug-likeness (QED) is 0.350. The number of nitrogens with zero attached hydrogens (tertiary/aromatic N) is 2. The average Bonchev–Trinajstić information content (AvgIpc) is 3.33. The first-order valence-corrected chi connectivity index (χ1v) is 11.3. The highest BCUT2D eigenvalue weighted by molar-refractivity contribution is 14.0. The molecule has 6 nitrogen and oxygen atoms in total. The molecule has 0 radical (unpaired) electrons. The Balaban J connectivity index is 0.00000218. The second kappa shape index (κ2) is 9.10. The molecule has 4 atom stereocenters. The molecule has 1 aromatic carbocycles. The van der Waals surface area contributed by atoms with E-state index in [1.165, 1.54) is 31.4 Å². The topological polar surface area (TPSA) is 58.1 Å². The first-order valence-electron chi connectivity index (χ1n) is 11.3. The van der Waals surface area contributed by atoms with Crippen molar-refractivity contribution in [3.8, 4) is 5.75 Å². The summed E-state index contributed by atoms with van der Waals surface area (Å²) in [5, 5.41) is 7.57. The standard InChI is InChI=1S/C23H34N4O2.HI/c1-3-24-22(26-20-19-9-13-29-21(19)23(20)10-5-11-23)25-16-8-12-27(15-16)17-6-4-7-18(14-17)28-2;/h4,6-7,14,16,19-21H,3,5,8-13,15H2,1-2H3,(H2,24,25,26);1H. The van der Waals surface area contributed by atoms with E-state index in [1.54, 1.807) is 7.11 Å². The lowest BCUT2D eigenvalue weighted by Crippen LogP contribution is -2.72. The van der Waals surface area contributed by atoms with E-state index in [2.05, 4.69) is 40.7 Å². The van der Waals surface area contributed by atoms with Gasteiger partial charge in [0.1, 0.15) is 5.75 Å². The number of halogens is 1. The summed E-state index contributed by atoms with van der Waals surface area (Å²) in [6.07, 6.45) is 6.75. The Labute approximate surface area is 197 Å². The third-order valence-electron chi connectivity index (χ3n) is 7.59. The van der Waals surface area contributed by atoms with Gasteiger partial charge in [-0.2, -0.15) is 0 Å². The van der Waals surface area contributed by atoms with Crippen molar-refractivity contribution in [3.05, 3.63) is 24.3 Å². The molecule has 30 heavy (non-hydrogen) atoms. The molecule has 2 aliphatic carbocycles. The van der Waals surface area contributed by atoms with Crippen LogP contribution in [-0.4, -0.2) is 57.5 Å². The zero-order valence-electron chi connectivity index (χ0n) is 18.1. The molecule has 166 valence electrons. The van der Waals surface area contributed by atoms with Crippen LogP contribution in [0.15, 0.2) is 29.3 Å². The van der Waals surface area contributed by atoms with Gasteiger partial charge in [0.25, 0.3) is 0 Å². The fraction of sp³-hybridized carbons (Fsp3) is 0.696. The van der Waals surface area contributed by atoms with E-state index in [-0.39, 0.29) is 24.0 Å². The highest BCUT2D eigenvalue weighted by atomic mass is 127. The summed E-state index contributed by atoms with van der Waals surface area (Å²) in [5.41, 5.74) is 1.61. The van der Waals surface area contributed by atoms with Crippen molar-refractivity contribution in [2.75, 3.05) is 38.3 Å². The summed E-state index contributed by atoms with van der Waals surface area (Å²) >= 11 is 0. The molecule has 0 amide bonds. The molecule has 2 aliphatic heterocycles. The molecule has 4 aliphatic rings. The van der Waals surface area contributed by atoms with Crippen molar-refractivity contribution in [1.29, 1.82) is 0 Å². The van der Waals surface area contributed by atoms with Gasteiger partial charge in [-0.25, -0.2) is 0 Å². The molecule has 2 N–H and O–H groups in total. The van der Waals surface area contributed by atoms with E-state index < -0.39 is 0 Å². The Bertz CT molecular complexity index is 769.